The maximum absolute atomic E-state index is 12.0. The minimum Gasteiger partial charge on any atom is -0.480 e. The van der Waals surface area contributed by atoms with E-state index in [1.165, 1.54) is 4.57 Å². The second-order valence-corrected chi connectivity index (χ2v) is 4.09. The molecule has 0 radical (unpaired) electrons. The van der Waals surface area contributed by atoms with Gasteiger partial charge in [-0.1, -0.05) is 6.07 Å². The molecule has 2 rings (SSSR count). The van der Waals surface area contributed by atoms with Crippen LogP contribution in [0.5, 0.6) is 0 Å². The lowest BCUT2D eigenvalue weighted by Gasteiger charge is -2.07. The van der Waals surface area contributed by atoms with Crippen LogP contribution in [0.25, 0.3) is 0 Å². The topological polar surface area (TPSA) is 84.2 Å². The third kappa shape index (κ3) is 3.19. The van der Waals surface area contributed by atoms with Gasteiger partial charge in [0.25, 0.3) is 5.91 Å². The molecule has 98 valence electrons. The summed E-state index contributed by atoms with van der Waals surface area (Å²) >= 11 is 0. The number of carbonyl (C=O) groups excluding carboxylic acids is 1. The molecule has 0 aliphatic carbocycles. The van der Waals surface area contributed by atoms with E-state index < -0.39 is 5.97 Å². The Morgan fingerprint density at radius 2 is 2.16 bits per heavy atom. The van der Waals surface area contributed by atoms with Gasteiger partial charge in [-0.2, -0.15) is 0 Å². The van der Waals surface area contributed by atoms with Crippen molar-refractivity contribution in [3.05, 3.63) is 47.9 Å². The van der Waals surface area contributed by atoms with Crippen molar-refractivity contribution in [1.82, 2.24) is 9.55 Å². The van der Waals surface area contributed by atoms with E-state index in [1.807, 2.05) is 13.0 Å². The van der Waals surface area contributed by atoms with Crippen LogP contribution in [0, 0.1) is 6.92 Å². The fourth-order valence-electron chi connectivity index (χ4n) is 1.63. The van der Waals surface area contributed by atoms with E-state index in [0.717, 1.165) is 5.56 Å². The second-order valence-electron chi connectivity index (χ2n) is 4.09. The molecular formula is C13H13N3O3. The lowest BCUT2D eigenvalue weighted by Crippen LogP contribution is -2.19. The van der Waals surface area contributed by atoms with Crippen LogP contribution in [0.1, 0.15) is 16.1 Å². The van der Waals surface area contributed by atoms with Crippen LogP contribution in [-0.2, 0) is 11.3 Å². The first-order chi connectivity index (χ1) is 9.06. The average Bonchev–Trinajstić information content (AvgIpc) is 2.79. The van der Waals surface area contributed by atoms with E-state index in [4.69, 9.17) is 5.11 Å². The first-order valence-electron chi connectivity index (χ1n) is 5.67. The van der Waals surface area contributed by atoms with Gasteiger partial charge in [0.15, 0.2) is 0 Å². The fraction of sp³-hybridized carbons (Fsp3) is 0.154. The molecule has 0 spiro atoms. The summed E-state index contributed by atoms with van der Waals surface area (Å²) in [5.74, 6) is -0.958. The number of aromatic nitrogens is 2. The summed E-state index contributed by atoms with van der Waals surface area (Å²) < 4.78 is 1.37. The Labute approximate surface area is 109 Å². The first-order valence-corrected chi connectivity index (χ1v) is 5.67. The quantitative estimate of drug-likeness (QED) is 0.872. The number of hydrogen-bond acceptors (Lipinski definition) is 3. The molecule has 1 amide bonds. The SMILES string of the molecule is Cc1ccc(NC(=O)c2cccn2CC(=O)O)nc1. The number of aliphatic carboxylic acids is 1. The Bertz CT molecular complexity index is 602. The molecule has 0 aliphatic rings. The molecule has 0 fully saturated rings. The number of carbonyl (C=O) groups is 2. The number of aryl methyl sites for hydroxylation is 1. The first kappa shape index (κ1) is 12.8. The smallest absolute Gasteiger partial charge is 0.323 e. The summed E-state index contributed by atoms with van der Waals surface area (Å²) in [6, 6.07) is 6.71. The number of nitrogens with one attached hydrogen (secondary N) is 1. The number of amides is 1. The Hall–Kier alpha value is -2.63. The van der Waals surface area contributed by atoms with E-state index in [2.05, 4.69) is 10.3 Å². The van der Waals surface area contributed by atoms with E-state index in [0.29, 0.717) is 5.82 Å². The second kappa shape index (κ2) is 5.34. The molecule has 0 aromatic carbocycles. The molecule has 0 unspecified atom stereocenters. The summed E-state index contributed by atoms with van der Waals surface area (Å²) in [6.07, 6.45) is 3.19. The standard InChI is InChI=1S/C13H13N3O3/c1-9-4-5-11(14-7-9)15-13(19)10-3-2-6-16(10)8-12(17)18/h2-7H,8H2,1H3,(H,17,18)(H,14,15,19). The van der Waals surface area contributed by atoms with E-state index in [9.17, 15) is 9.59 Å². The number of rotatable bonds is 4. The van der Waals surface area contributed by atoms with E-state index in [1.54, 1.807) is 30.6 Å². The molecule has 6 heteroatoms. The molecule has 19 heavy (non-hydrogen) atoms. The van der Waals surface area contributed by atoms with Crippen molar-refractivity contribution in [2.75, 3.05) is 5.32 Å². The van der Waals surface area contributed by atoms with Crippen molar-refractivity contribution in [2.45, 2.75) is 13.5 Å². The summed E-state index contributed by atoms with van der Waals surface area (Å²) in [4.78, 5) is 26.7. The maximum Gasteiger partial charge on any atom is 0.323 e. The normalized spacial score (nSPS) is 10.2. The Morgan fingerprint density at radius 1 is 1.37 bits per heavy atom. The predicted molar refractivity (Wildman–Crippen MR) is 69.0 cm³/mol. The van der Waals surface area contributed by atoms with Crippen molar-refractivity contribution in [1.29, 1.82) is 0 Å². The fourth-order valence-corrected chi connectivity index (χ4v) is 1.63. The van der Waals surface area contributed by atoms with Crippen LogP contribution in [0.15, 0.2) is 36.7 Å². The third-order valence-electron chi connectivity index (χ3n) is 2.52. The molecule has 2 N–H and O–H groups in total. The van der Waals surface area contributed by atoms with Crippen LogP contribution >= 0.6 is 0 Å². The van der Waals surface area contributed by atoms with Gasteiger partial charge in [0.1, 0.15) is 18.1 Å². The molecular weight excluding hydrogens is 246 g/mol. The zero-order valence-corrected chi connectivity index (χ0v) is 10.3. The molecule has 0 saturated carbocycles. The summed E-state index contributed by atoms with van der Waals surface area (Å²) in [5.41, 5.74) is 1.28. The van der Waals surface area contributed by atoms with Crippen molar-refractivity contribution >= 4 is 17.7 Å². The Balaban J connectivity index is 2.14. The molecule has 0 saturated heterocycles. The highest BCUT2D eigenvalue weighted by atomic mass is 16.4. The number of carboxylic acids is 1. The van der Waals surface area contributed by atoms with Gasteiger partial charge in [-0.15, -0.1) is 0 Å². The number of hydrogen-bond donors (Lipinski definition) is 2. The van der Waals surface area contributed by atoms with Gasteiger partial charge in [-0.3, -0.25) is 9.59 Å². The van der Waals surface area contributed by atoms with Crippen molar-refractivity contribution in [3.63, 3.8) is 0 Å². The number of anilines is 1. The molecule has 0 atom stereocenters. The van der Waals surface area contributed by atoms with E-state index in [-0.39, 0.29) is 18.1 Å². The zero-order chi connectivity index (χ0) is 13.8. The highest BCUT2D eigenvalue weighted by molar-refractivity contribution is 6.02. The van der Waals surface area contributed by atoms with Gasteiger partial charge in [0.05, 0.1) is 0 Å². The minimum atomic E-state index is -1.00. The van der Waals surface area contributed by atoms with Crippen LogP contribution in [-0.4, -0.2) is 26.5 Å². The average molecular weight is 259 g/mol. The highest BCUT2D eigenvalue weighted by Crippen LogP contribution is 2.08. The van der Waals surface area contributed by atoms with Crippen LogP contribution in [0.2, 0.25) is 0 Å². The Kier molecular flexibility index (Phi) is 3.61. The van der Waals surface area contributed by atoms with Gasteiger partial charge in [-0.25, -0.2) is 4.98 Å². The van der Waals surface area contributed by atoms with Crippen molar-refractivity contribution < 1.29 is 14.7 Å². The zero-order valence-electron chi connectivity index (χ0n) is 10.3. The van der Waals surface area contributed by atoms with Crippen LogP contribution in [0.3, 0.4) is 0 Å². The lowest BCUT2D eigenvalue weighted by molar-refractivity contribution is -0.137. The van der Waals surface area contributed by atoms with Gasteiger partial charge in [0.2, 0.25) is 0 Å². The third-order valence-corrected chi connectivity index (χ3v) is 2.52. The number of nitrogens with zero attached hydrogens (tertiary/aromatic N) is 2. The van der Waals surface area contributed by atoms with Crippen LogP contribution < -0.4 is 5.32 Å². The summed E-state index contributed by atoms with van der Waals surface area (Å²) in [5, 5.41) is 11.4. The summed E-state index contributed by atoms with van der Waals surface area (Å²) in [6.45, 7) is 1.65. The minimum absolute atomic E-state index is 0.253. The van der Waals surface area contributed by atoms with E-state index >= 15 is 0 Å². The molecule has 0 bridgehead atoms. The molecule has 2 aromatic rings. The van der Waals surface area contributed by atoms with Gasteiger partial charge in [-0.05, 0) is 30.7 Å². The van der Waals surface area contributed by atoms with Gasteiger partial charge < -0.3 is 15.0 Å². The van der Waals surface area contributed by atoms with Crippen LogP contribution in [0.4, 0.5) is 5.82 Å². The molecule has 6 nitrogen and oxygen atoms in total. The van der Waals surface area contributed by atoms with Crippen molar-refractivity contribution in [3.8, 4) is 0 Å². The lowest BCUT2D eigenvalue weighted by atomic mass is 10.3. The Morgan fingerprint density at radius 3 is 2.79 bits per heavy atom. The highest BCUT2D eigenvalue weighted by Gasteiger charge is 2.13. The molecule has 2 heterocycles. The largest absolute Gasteiger partial charge is 0.480 e. The monoisotopic (exact) mass is 259 g/mol. The van der Waals surface area contributed by atoms with Crippen molar-refractivity contribution in [2.24, 2.45) is 0 Å². The maximum atomic E-state index is 12.0. The number of pyridine rings is 1. The molecule has 0 aliphatic heterocycles. The molecule has 2 aromatic heterocycles. The van der Waals surface area contributed by atoms with Gasteiger partial charge in [0, 0.05) is 12.4 Å². The summed E-state index contributed by atoms with van der Waals surface area (Å²) in [7, 11) is 0. The predicted octanol–water partition coefficient (Wildman–Crippen LogP) is 1.53. The number of carboxylic acid groups (broad SMARTS) is 1. The van der Waals surface area contributed by atoms with Gasteiger partial charge >= 0.3 is 5.97 Å².